The molecular weight excluding hydrogens is 635 g/mol. The molecule has 0 aliphatic carbocycles. The Kier molecular flexibility index (Phi) is 8.80. The zero-order chi connectivity index (χ0) is 32.2. The van der Waals surface area contributed by atoms with E-state index in [1.807, 2.05) is 41.0 Å². The first kappa shape index (κ1) is 30.4. The van der Waals surface area contributed by atoms with Crippen LogP contribution in [0.25, 0.3) is 27.3 Å². The molecule has 3 aromatic carbocycles. The molecule has 0 radical (unpaired) electrons. The fourth-order valence-electron chi connectivity index (χ4n) is 5.00. The summed E-state index contributed by atoms with van der Waals surface area (Å²) in [6.45, 7) is 3.30. The maximum absolute atomic E-state index is 13.0. The Bertz CT molecular complexity index is 2000. The van der Waals surface area contributed by atoms with Crippen LogP contribution in [0.5, 0.6) is 11.5 Å². The van der Waals surface area contributed by atoms with Gasteiger partial charge in [0.25, 0.3) is 5.91 Å². The second-order valence-corrected chi connectivity index (χ2v) is 12.6. The van der Waals surface area contributed by atoms with E-state index in [0.717, 1.165) is 34.3 Å². The normalized spacial score (nSPS) is 12.4. The Labute approximate surface area is 278 Å². The van der Waals surface area contributed by atoms with Crippen molar-refractivity contribution >= 4 is 55.9 Å². The van der Waals surface area contributed by atoms with E-state index < -0.39 is 0 Å². The highest BCUT2D eigenvalue weighted by molar-refractivity contribution is 7.99. The smallest absolute Gasteiger partial charge is 0.257 e. The SMILES string of the molecule is CCc1ccc(-n2c(SCC(=O)Nc3ccc(C(=O)Nc4nc5cc6c(cc5s4)OCCCO6)cc3)nnc2-c2ccncc2)cc1. The Morgan fingerprint density at radius 2 is 1.66 bits per heavy atom. The molecule has 0 saturated heterocycles. The number of amides is 2. The van der Waals surface area contributed by atoms with Crippen molar-refractivity contribution in [2.45, 2.75) is 24.9 Å². The number of ether oxygens (including phenoxy) is 2. The van der Waals surface area contributed by atoms with Crippen molar-refractivity contribution in [3.05, 3.63) is 96.3 Å². The van der Waals surface area contributed by atoms with Gasteiger partial charge in [0.2, 0.25) is 5.91 Å². The second kappa shape index (κ2) is 13.6. The van der Waals surface area contributed by atoms with Crippen molar-refractivity contribution in [2.75, 3.05) is 29.6 Å². The third kappa shape index (κ3) is 6.81. The number of rotatable bonds is 9. The zero-order valence-electron chi connectivity index (χ0n) is 25.3. The van der Waals surface area contributed by atoms with Gasteiger partial charge in [0.1, 0.15) is 0 Å². The second-order valence-electron chi connectivity index (χ2n) is 10.6. The molecule has 0 unspecified atom stereocenters. The first-order valence-electron chi connectivity index (χ1n) is 15.0. The molecule has 11 nitrogen and oxygen atoms in total. The number of benzene rings is 3. The zero-order valence-corrected chi connectivity index (χ0v) is 26.9. The summed E-state index contributed by atoms with van der Waals surface area (Å²) in [6, 6.07) is 22.4. The highest BCUT2D eigenvalue weighted by Crippen LogP contribution is 2.37. The molecule has 0 spiro atoms. The standard InChI is InChI=1S/C34H29N7O4S2/c1-2-21-4-10-25(11-5-21)41-31(22-12-14-35-15-13-22)39-40-34(41)46-20-30(42)36-24-8-6-23(7-9-24)32(43)38-33-37-26-18-27-28(19-29(26)47-33)45-17-3-16-44-27/h4-15,18-19H,2-3,16-17,20H2,1H3,(H,36,42)(H,37,38,43). The number of thioether (sulfide) groups is 1. The number of pyridine rings is 1. The van der Waals surface area contributed by atoms with E-state index in [2.05, 4.69) is 49.9 Å². The van der Waals surface area contributed by atoms with Crippen LogP contribution in [0.3, 0.4) is 0 Å². The first-order chi connectivity index (χ1) is 23.0. The molecule has 1 aliphatic rings. The van der Waals surface area contributed by atoms with E-state index in [1.165, 1.54) is 28.7 Å². The van der Waals surface area contributed by atoms with Crippen LogP contribution >= 0.6 is 23.1 Å². The summed E-state index contributed by atoms with van der Waals surface area (Å²) in [6.07, 6.45) is 5.18. The molecule has 0 atom stereocenters. The van der Waals surface area contributed by atoms with Crippen molar-refractivity contribution < 1.29 is 19.1 Å². The molecule has 6 aromatic rings. The molecule has 47 heavy (non-hydrogen) atoms. The lowest BCUT2D eigenvalue weighted by molar-refractivity contribution is -0.113. The van der Waals surface area contributed by atoms with Gasteiger partial charge in [-0.05, 0) is 60.5 Å². The molecule has 0 fully saturated rings. The minimum Gasteiger partial charge on any atom is -0.490 e. The van der Waals surface area contributed by atoms with E-state index in [9.17, 15) is 9.59 Å². The van der Waals surface area contributed by atoms with Crippen molar-refractivity contribution in [2.24, 2.45) is 0 Å². The van der Waals surface area contributed by atoms with Gasteiger partial charge in [-0.1, -0.05) is 42.2 Å². The number of aryl methyl sites for hydroxylation is 1. The molecular formula is C34H29N7O4S2. The lowest BCUT2D eigenvalue weighted by Gasteiger charge is -2.11. The maximum atomic E-state index is 13.0. The van der Waals surface area contributed by atoms with Crippen LogP contribution in [-0.2, 0) is 11.2 Å². The lowest BCUT2D eigenvalue weighted by Crippen LogP contribution is -2.15. The van der Waals surface area contributed by atoms with Crippen LogP contribution in [0.15, 0.2) is 90.3 Å². The van der Waals surface area contributed by atoms with E-state index in [4.69, 9.17) is 9.47 Å². The number of hydrogen-bond donors (Lipinski definition) is 2. The van der Waals surface area contributed by atoms with Gasteiger partial charge in [-0.15, -0.1) is 10.2 Å². The highest BCUT2D eigenvalue weighted by atomic mass is 32.2. The number of hydrogen-bond acceptors (Lipinski definition) is 10. The Morgan fingerprint density at radius 3 is 2.40 bits per heavy atom. The van der Waals surface area contributed by atoms with Crippen molar-refractivity contribution in [3.8, 4) is 28.6 Å². The topological polar surface area (TPSA) is 133 Å². The van der Waals surface area contributed by atoms with Crippen LogP contribution in [0, 0.1) is 0 Å². The van der Waals surface area contributed by atoms with Crippen LogP contribution in [0.2, 0.25) is 0 Å². The van der Waals surface area contributed by atoms with Gasteiger partial charge in [0, 0.05) is 53.4 Å². The van der Waals surface area contributed by atoms with Crippen molar-refractivity contribution in [3.63, 3.8) is 0 Å². The Balaban J connectivity index is 0.993. The van der Waals surface area contributed by atoms with Gasteiger partial charge < -0.3 is 14.8 Å². The van der Waals surface area contributed by atoms with E-state index in [-0.39, 0.29) is 17.6 Å². The number of carbonyl (C=O) groups is 2. The summed E-state index contributed by atoms with van der Waals surface area (Å²) in [5, 5.41) is 15.7. The van der Waals surface area contributed by atoms with E-state index >= 15 is 0 Å². The molecule has 0 saturated carbocycles. The molecule has 2 amide bonds. The van der Waals surface area contributed by atoms with Gasteiger partial charge in [0.05, 0.1) is 29.2 Å². The average Bonchev–Trinajstić information content (AvgIpc) is 3.63. The average molecular weight is 664 g/mol. The Morgan fingerprint density at radius 1 is 0.915 bits per heavy atom. The first-order valence-corrected chi connectivity index (χ1v) is 16.8. The number of carbonyl (C=O) groups excluding carboxylic acids is 2. The largest absolute Gasteiger partial charge is 0.490 e. The molecule has 0 bridgehead atoms. The number of nitrogens with one attached hydrogen (secondary N) is 2. The highest BCUT2D eigenvalue weighted by Gasteiger charge is 2.19. The lowest BCUT2D eigenvalue weighted by atomic mass is 10.1. The number of aromatic nitrogens is 5. The molecule has 236 valence electrons. The van der Waals surface area contributed by atoms with Crippen LogP contribution in [0.1, 0.15) is 29.3 Å². The molecule has 13 heteroatoms. The molecule has 1 aliphatic heterocycles. The summed E-state index contributed by atoms with van der Waals surface area (Å²) in [7, 11) is 0. The minimum atomic E-state index is -0.303. The van der Waals surface area contributed by atoms with Gasteiger partial charge in [-0.2, -0.15) is 0 Å². The predicted molar refractivity (Wildman–Crippen MR) is 183 cm³/mol. The summed E-state index contributed by atoms with van der Waals surface area (Å²) in [4.78, 5) is 34.6. The predicted octanol–water partition coefficient (Wildman–Crippen LogP) is 6.65. The third-order valence-corrected chi connectivity index (χ3v) is 9.28. The molecule has 3 aromatic heterocycles. The third-order valence-electron chi connectivity index (χ3n) is 7.42. The van der Waals surface area contributed by atoms with Gasteiger partial charge in [-0.25, -0.2) is 4.98 Å². The van der Waals surface area contributed by atoms with Gasteiger partial charge in [0.15, 0.2) is 27.6 Å². The summed E-state index contributed by atoms with van der Waals surface area (Å²) in [5.74, 6) is 1.60. The quantitative estimate of drug-likeness (QED) is 0.163. The summed E-state index contributed by atoms with van der Waals surface area (Å²) >= 11 is 2.65. The van der Waals surface area contributed by atoms with Crippen LogP contribution in [0.4, 0.5) is 10.8 Å². The van der Waals surface area contributed by atoms with Crippen LogP contribution in [-0.4, -0.2) is 55.5 Å². The molecule has 2 N–H and O–H groups in total. The van der Waals surface area contributed by atoms with Crippen molar-refractivity contribution in [1.82, 2.24) is 24.7 Å². The molecule has 7 rings (SSSR count). The minimum absolute atomic E-state index is 0.112. The van der Waals surface area contributed by atoms with E-state index in [0.29, 0.717) is 52.1 Å². The van der Waals surface area contributed by atoms with E-state index in [1.54, 1.807) is 36.7 Å². The molecule has 4 heterocycles. The monoisotopic (exact) mass is 663 g/mol. The van der Waals surface area contributed by atoms with Gasteiger partial charge in [-0.3, -0.25) is 24.5 Å². The number of thiazole rings is 1. The number of anilines is 2. The van der Waals surface area contributed by atoms with Gasteiger partial charge >= 0.3 is 0 Å². The Hall–Kier alpha value is -5.27. The van der Waals surface area contributed by atoms with Crippen molar-refractivity contribution in [1.29, 1.82) is 0 Å². The number of fused-ring (bicyclic) bond motifs is 2. The summed E-state index contributed by atoms with van der Waals surface area (Å²) in [5.41, 5.74) is 4.73. The summed E-state index contributed by atoms with van der Waals surface area (Å²) < 4.78 is 14.4. The van der Waals surface area contributed by atoms with Crippen LogP contribution < -0.4 is 20.1 Å². The fourth-order valence-corrected chi connectivity index (χ4v) is 6.63. The maximum Gasteiger partial charge on any atom is 0.257 e. The fraction of sp³-hybridized carbons (Fsp3) is 0.176. The number of nitrogens with zero attached hydrogens (tertiary/aromatic N) is 5.